The van der Waals surface area contributed by atoms with Gasteiger partial charge in [-0.15, -0.1) is 4.44 Å². The third kappa shape index (κ3) is 10.5. The third-order valence-electron chi connectivity index (χ3n) is 2.67. The topological polar surface area (TPSA) is 371 Å². The SMILES string of the molecule is NCCNCCN(P(=O)(OP(=O)(O)O)OP(=O)(O)P(=O)(O)O)P(=O)(OP(=O)(O)O)P(=O)(O)O. The van der Waals surface area contributed by atoms with Crippen molar-refractivity contribution in [2.75, 3.05) is 26.2 Å². The van der Waals surface area contributed by atoms with Crippen LogP contribution in [0.15, 0.2) is 0 Å². The average molecular weight is 631 g/mol. The molecule has 3 atom stereocenters. The largest absolute Gasteiger partial charge is 0.477 e. The lowest BCUT2D eigenvalue weighted by atomic mass is 10.6. The Bertz CT molecular complexity index is 1010. The van der Waals surface area contributed by atoms with Crippen molar-refractivity contribution >= 4 is 52.5 Å². The van der Waals surface area contributed by atoms with E-state index in [1.54, 1.807) is 0 Å². The molecule has 0 radical (unpaired) electrons. The highest BCUT2D eigenvalue weighted by atomic mass is 32.1. The van der Waals surface area contributed by atoms with E-state index >= 15 is 0 Å². The molecule has 3 unspecified atom stereocenters. The highest BCUT2D eigenvalue weighted by molar-refractivity contribution is 8.31. The molecule has 0 aliphatic heterocycles. The van der Waals surface area contributed by atoms with Crippen molar-refractivity contribution in [1.29, 1.82) is 0 Å². The molecule has 0 amide bonds. The maximum Gasteiger partial charge on any atom is 0.477 e. The Labute approximate surface area is 183 Å². The Morgan fingerprint density at radius 3 is 1.45 bits per heavy atom. The molecule has 200 valence electrons. The standard InChI is InChI=1S/C4H20N3O19P7/c5-1-2-6-3-4-7(28(9,31(16,17)18)26-30(13,14)15)27(8,24-29(10,11)12)25-33(22,23)32(19,20)21/h6H,1-5H2,(H,22,23)(H2,10,11,12)(H2,13,14,15)(H2,16,17,18)(H2,19,20,21). The molecule has 0 saturated carbocycles. The lowest BCUT2D eigenvalue weighted by Crippen LogP contribution is -2.32. The summed E-state index contributed by atoms with van der Waals surface area (Å²) in [5.74, 6) is 0. The van der Waals surface area contributed by atoms with Crippen molar-refractivity contribution in [2.24, 2.45) is 5.73 Å². The Kier molecular flexibility index (Phi) is 11.9. The number of hydrogen-bond acceptors (Lipinski definition) is 12. The van der Waals surface area contributed by atoms with E-state index in [9.17, 15) is 46.6 Å². The van der Waals surface area contributed by atoms with E-state index in [0.717, 1.165) is 0 Å². The Hall–Kier alpha value is 1.01. The molecule has 0 rings (SSSR count). The van der Waals surface area contributed by atoms with Gasteiger partial charge in [-0.25, -0.2) is 36.0 Å². The molecular weight excluding hydrogens is 611 g/mol. The summed E-state index contributed by atoms with van der Waals surface area (Å²) < 4.78 is 92.9. The van der Waals surface area contributed by atoms with Gasteiger partial charge in [0.2, 0.25) is 0 Å². The quantitative estimate of drug-likeness (QED) is 0.0742. The zero-order valence-electron chi connectivity index (χ0n) is 15.6. The molecule has 0 aliphatic rings. The molecule has 0 spiro atoms. The van der Waals surface area contributed by atoms with Gasteiger partial charge in [-0.05, 0) is 0 Å². The lowest BCUT2D eigenvalue weighted by Gasteiger charge is -2.35. The summed E-state index contributed by atoms with van der Waals surface area (Å²) in [6, 6.07) is 0. The molecular formula is C4H20N3O19P7. The summed E-state index contributed by atoms with van der Waals surface area (Å²) in [7, 11) is -45.6. The maximum atomic E-state index is 13.0. The minimum atomic E-state index is -6.75. The summed E-state index contributed by atoms with van der Waals surface area (Å²) in [5.41, 5.74) is 5.14. The summed E-state index contributed by atoms with van der Waals surface area (Å²) in [4.78, 5) is 81.5. The van der Waals surface area contributed by atoms with E-state index in [0.29, 0.717) is 0 Å². The minimum absolute atomic E-state index is 0.133. The fourth-order valence-electron chi connectivity index (χ4n) is 1.57. The van der Waals surface area contributed by atoms with E-state index < -0.39 is 70.0 Å². The first kappa shape index (κ1) is 34.0. The van der Waals surface area contributed by atoms with Gasteiger partial charge in [-0.1, -0.05) is 0 Å². The number of nitrogens with two attached hydrogens (primary N) is 1. The molecule has 12 N–H and O–H groups in total. The van der Waals surface area contributed by atoms with Gasteiger partial charge in [-0.2, -0.15) is 4.31 Å². The van der Waals surface area contributed by atoms with Gasteiger partial charge in [0.25, 0.3) is 0 Å². The molecule has 0 aromatic rings. The van der Waals surface area contributed by atoms with Crippen LogP contribution >= 0.6 is 52.5 Å². The number of phosphoric acid groups is 2. The first-order valence-corrected chi connectivity index (χ1v) is 19.8. The van der Waals surface area contributed by atoms with Crippen molar-refractivity contribution in [3.8, 4) is 0 Å². The van der Waals surface area contributed by atoms with Crippen LogP contribution in [0, 0.1) is 0 Å². The monoisotopic (exact) mass is 631 g/mol. The van der Waals surface area contributed by atoms with Gasteiger partial charge >= 0.3 is 52.5 Å². The fourth-order valence-corrected chi connectivity index (χ4v) is 16.2. The van der Waals surface area contributed by atoms with Crippen LogP contribution in [-0.4, -0.2) is 74.7 Å². The van der Waals surface area contributed by atoms with Crippen LogP contribution in [0.4, 0.5) is 0 Å². The van der Waals surface area contributed by atoms with E-state index in [2.05, 4.69) is 18.2 Å². The van der Waals surface area contributed by atoms with Crippen molar-refractivity contribution < 1.29 is 88.9 Å². The molecule has 0 heterocycles. The molecule has 0 aliphatic carbocycles. The van der Waals surface area contributed by atoms with Gasteiger partial charge in [0.05, 0.1) is 0 Å². The summed E-state index contributed by atoms with van der Waals surface area (Å²) in [5, 5.41) is 2.28. The lowest BCUT2D eigenvalue weighted by molar-refractivity contribution is 0.235. The van der Waals surface area contributed by atoms with E-state index in [4.69, 9.17) is 35.1 Å². The van der Waals surface area contributed by atoms with Crippen molar-refractivity contribution in [2.45, 2.75) is 0 Å². The number of rotatable bonds is 15. The molecule has 0 saturated heterocycles. The molecule has 22 nitrogen and oxygen atoms in total. The van der Waals surface area contributed by atoms with Crippen molar-refractivity contribution in [3.05, 3.63) is 0 Å². The predicted molar refractivity (Wildman–Crippen MR) is 105 cm³/mol. The zero-order valence-corrected chi connectivity index (χ0v) is 21.9. The van der Waals surface area contributed by atoms with Crippen LogP contribution in [0.5, 0.6) is 0 Å². The summed E-state index contributed by atoms with van der Waals surface area (Å²) >= 11 is 0. The van der Waals surface area contributed by atoms with Crippen LogP contribution in [0.1, 0.15) is 0 Å². The molecule has 33 heavy (non-hydrogen) atoms. The van der Waals surface area contributed by atoms with Crippen molar-refractivity contribution in [1.82, 2.24) is 9.76 Å². The Morgan fingerprint density at radius 1 is 0.667 bits per heavy atom. The smallest absolute Gasteiger partial charge is 0.329 e. The number of hydrogen-bond donors (Lipinski definition) is 11. The fraction of sp³-hybridized carbons (Fsp3) is 1.00. The Balaban J connectivity index is 7.12. The normalized spacial score (nSPS) is 19.6. The van der Waals surface area contributed by atoms with Crippen LogP contribution in [0.3, 0.4) is 0 Å². The van der Waals surface area contributed by atoms with E-state index in [-0.39, 0.29) is 13.1 Å². The second kappa shape index (κ2) is 11.6. The average Bonchev–Trinajstić information content (AvgIpc) is 2.47. The van der Waals surface area contributed by atoms with Gasteiger partial charge < -0.3 is 55.1 Å². The second-order valence-electron chi connectivity index (χ2n) is 5.34. The van der Waals surface area contributed by atoms with Gasteiger partial charge in [0.1, 0.15) is 0 Å². The number of nitrogens with zero attached hydrogens (tertiary/aromatic N) is 1. The zero-order chi connectivity index (χ0) is 26.7. The van der Waals surface area contributed by atoms with E-state index in [1.165, 1.54) is 0 Å². The van der Waals surface area contributed by atoms with Crippen LogP contribution in [-0.2, 0) is 44.9 Å². The van der Waals surface area contributed by atoms with Crippen molar-refractivity contribution in [3.63, 3.8) is 0 Å². The van der Waals surface area contributed by atoms with Crippen LogP contribution < -0.4 is 11.1 Å². The first-order valence-electron chi connectivity index (χ1n) is 7.41. The summed E-state index contributed by atoms with van der Waals surface area (Å²) in [6.07, 6.45) is 0. The molecule has 29 heteroatoms. The predicted octanol–water partition coefficient (Wildman–Crippen LogP) is -1.26. The minimum Gasteiger partial charge on any atom is -0.329 e. The van der Waals surface area contributed by atoms with Gasteiger partial charge in [0.15, 0.2) is 0 Å². The molecule has 0 aromatic carbocycles. The van der Waals surface area contributed by atoms with Crippen LogP contribution in [0.25, 0.3) is 0 Å². The van der Waals surface area contributed by atoms with E-state index in [1.807, 2.05) is 0 Å². The highest BCUT2D eigenvalue weighted by Crippen LogP contribution is 2.92. The second-order valence-corrected chi connectivity index (χ2v) is 21.7. The molecule has 0 aromatic heterocycles. The molecule has 0 fully saturated rings. The van der Waals surface area contributed by atoms with Crippen LogP contribution in [0.2, 0.25) is 0 Å². The number of nitrogens with one attached hydrogen (secondary N) is 1. The molecule has 0 bridgehead atoms. The highest BCUT2D eigenvalue weighted by Gasteiger charge is 2.64. The maximum absolute atomic E-state index is 13.0. The van der Waals surface area contributed by atoms with Gasteiger partial charge in [-0.3, -0.25) is 4.57 Å². The first-order chi connectivity index (χ1) is 14.3. The Morgan fingerprint density at radius 2 is 1.12 bits per heavy atom. The van der Waals surface area contributed by atoms with Gasteiger partial charge in [0, 0.05) is 26.2 Å². The third-order valence-corrected chi connectivity index (χ3v) is 18.3. The summed E-state index contributed by atoms with van der Waals surface area (Å²) in [6.45, 7) is -2.64.